The van der Waals surface area contributed by atoms with Gasteiger partial charge >= 0.3 is 12.1 Å². The topological polar surface area (TPSA) is 57.7 Å². The van der Waals surface area contributed by atoms with Crippen LogP contribution in [0.5, 0.6) is 5.75 Å². The lowest BCUT2D eigenvalue weighted by Gasteiger charge is -2.16. The fraction of sp³-hybridized carbons (Fsp3) is 0.526. The van der Waals surface area contributed by atoms with Crippen LogP contribution < -0.4 is 4.74 Å². The Morgan fingerprint density at radius 3 is 1.80 bits per heavy atom. The Hall–Kier alpha value is -3.39. The van der Waals surface area contributed by atoms with Gasteiger partial charge in [-0.25, -0.2) is 4.79 Å². The van der Waals surface area contributed by atoms with Crippen LogP contribution in [0.3, 0.4) is 0 Å². The van der Waals surface area contributed by atoms with E-state index in [2.05, 4.69) is 11.9 Å². The summed E-state index contributed by atoms with van der Waals surface area (Å²) in [6.07, 6.45) is 9.77. The summed E-state index contributed by atoms with van der Waals surface area (Å²) in [5.41, 5.74) is 4.28. The monoisotopic (exact) mass is 641 g/mol. The maximum absolute atomic E-state index is 12.4. The highest BCUT2D eigenvalue weighted by atomic mass is 19.4. The SMILES string of the molecule is CCCCCCCCCCOc1ccc(-c2ccc(-c3ccc(C(=O)OCCCCCCCOC(C)C(F)(F)F)cc3)cn2)cc1. The van der Waals surface area contributed by atoms with Crippen molar-refractivity contribution < 1.29 is 32.2 Å². The predicted octanol–water partition coefficient (Wildman–Crippen LogP) is 11.0. The number of nitrogens with zero attached hydrogens (tertiary/aromatic N) is 1. The molecule has 46 heavy (non-hydrogen) atoms. The van der Waals surface area contributed by atoms with Gasteiger partial charge in [0.1, 0.15) is 5.75 Å². The number of hydrogen-bond acceptors (Lipinski definition) is 5. The van der Waals surface area contributed by atoms with Gasteiger partial charge in [-0.05, 0) is 74.2 Å². The van der Waals surface area contributed by atoms with Gasteiger partial charge in [0.2, 0.25) is 0 Å². The summed E-state index contributed by atoms with van der Waals surface area (Å²) in [5, 5.41) is 0. The quantitative estimate of drug-likeness (QED) is 0.0807. The van der Waals surface area contributed by atoms with Gasteiger partial charge < -0.3 is 14.2 Å². The van der Waals surface area contributed by atoms with Gasteiger partial charge in [0.15, 0.2) is 6.10 Å². The van der Waals surface area contributed by atoms with Crippen molar-refractivity contribution in [2.45, 2.75) is 110 Å². The molecule has 0 fully saturated rings. The van der Waals surface area contributed by atoms with E-state index in [9.17, 15) is 18.0 Å². The summed E-state index contributed by atoms with van der Waals surface area (Å²) in [4.78, 5) is 17.1. The van der Waals surface area contributed by atoms with E-state index < -0.39 is 12.3 Å². The van der Waals surface area contributed by atoms with E-state index in [1.54, 1.807) is 12.1 Å². The molecule has 1 heterocycles. The zero-order valence-corrected chi connectivity index (χ0v) is 27.5. The third kappa shape index (κ3) is 13.9. The number of hydrogen-bond donors (Lipinski definition) is 0. The van der Waals surface area contributed by atoms with Crippen molar-refractivity contribution in [3.05, 3.63) is 72.4 Å². The van der Waals surface area contributed by atoms with Crippen LogP contribution in [0.2, 0.25) is 0 Å². The van der Waals surface area contributed by atoms with Crippen LogP contribution in [0.15, 0.2) is 66.9 Å². The molecular formula is C38H50F3NO4. The molecule has 0 aliphatic rings. The zero-order chi connectivity index (χ0) is 33.0. The molecular weight excluding hydrogens is 591 g/mol. The lowest BCUT2D eigenvalue weighted by atomic mass is 10.0. The predicted molar refractivity (Wildman–Crippen MR) is 178 cm³/mol. The van der Waals surface area contributed by atoms with Crippen LogP contribution in [0.1, 0.15) is 108 Å². The van der Waals surface area contributed by atoms with E-state index in [4.69, 9.17) is 14.2 Å². The molecule has 0 aliphatic carbocycles. The Bertz CT molecular complexity index is 1240. The molecule has 0 aliphatic heterocycles. The number of alkyl halides is 3. The second-order valence-electron chi connectivity index (χ2n) is 11.8. The maximum Gasteiger partial charge on any atom is 0.414 e. The average Bonchev–Trinajstić information content (AvgIpc) is 3.06. The van der Waals surface area contributed by atoms with Gasteiger partial charge in [0.25, 0.3) is 0 Å². The Morgan fingerprint density at radius 2 is 1.22 bits per heavy atom. The summed E-state index contributed by atoms with van der Waals surface area (Å²) in [6, 6.07) is 19.3. The molecule has 8 heteroatoms. The largest absolute Gasteiger partial charge is 0.494 e. The number of pyridine rings is 1. The Morgan fingerprint density at radius 1 is 0.674 bits per heavy atom. The molecule has 5 nitrogen and oxygen atoms in total. The lowest BCUT2D eigenvalue weighted by molar-refractivity contribution is -0.214. The van der Waals surface area contributed by atoms with Gasteiger partial charge in [-0.3, -0.25) is 4.98 Å². The highest BCUT2D eigenvalue weighted by Crippen LogP contribution is 2.25. The summed E-state index contributed by atoms with van der Waals surface area (Å²) >= 11 is 0. The molecule has 1 atom stereocenters. The van der Waals surface area contributed by atoms with Gasteiger partial charge in [-0.1, -0.05) is 89.3 Å². The van der Waals surface area contributed by atoms with E-state index >= 15 is 0 Å². The van der Waals surface area contributed by atoms with Crippen molar-refractivity contribution in [3.63, 3.8) is 0 Å². The van der Waals surface area contributed by atoms with Crippen LogP contribution in [-0.4, -0.2) is 43.1 Å². The first-order valence-electron chi connectivity index (χ1n) is 16.9. The smallest absolute Gasteiger partial charge is 0.414 e. The molecule has 0 spiro atoms. The second-order valence-corrected chi connectivity index (χ2v) is 11.8. The number of rotatable bonds is 22. The van der Waals surface area contributed by atoms with Gasteiger partial charge in [0, 0.05) is 23.9 Å². The average molecular weight is 642 g/mol. The number of benzene rings is 2. The number of ether oxygens (including phenoxy) is 3. The minimum Gasteiger partial charge on any atom is -0.494 e. The molecule has 0 radical (unpaired) electrons. The van der Waals surface area contributed by atoms with Crippen LogP contribution in [0.4, 0.5) is 13.2 Å². The fourth-order valence-corrected chi connectivity index (χ4v) is 5.02. The highest BCUT2D eigenvalue weighted by molar-refractivity contribution is 5.90. The van der Waals surface area contributed by atoms with Crippen molar-refractivity contribution in [2.24, 2.45) is 0 Å². The van der Waals surface area contributed by atoms with E-state index in [-0.39, 0.29) is 12.6 Å². The Kier molecular flexibility index (Phi) is 16.7. The summed E-state index contributed by atoms with van der Waals surface area (Å²) < 4.78 is 53.4. The van der Waals surface area contributed by atoms with E-state index in [1.165, 1.54) is 44.9 Å². The Labute approximate surface area is 272 Å². The Balaban J connectivity index is 1.32. The zero-order valence-electron chi connectivity index (χ0n) is 27.5. The molecule has 252 valence electrons. The van der Waals surface area contributed by atoms with Crippen LogP contribution in [0, 0.1) is 0 Å². The number of esters is 1. The number of unbranched alkanes of at least 4 members (excludes halogenated alkanes) is 11. The second kappa shape index (κ2) is 20.7. The van der Waals surface area contributed by atoms with Gasteiger partial charge in [-0.15, -0.1) is 0 Å². The third-order valence-corrected chi connectivity index (χ3v) is 7.98. The molecule has 1 aromatic heterocycles. The number of carbonyl (C=O) groups excluding carboxylic acids is 1. The van der Waals surface area contributed by atoms with Crippen molar-refractivity contribution in [1.29, 1.82) is 0 Å². The maximum atomic E-state index is 12.4. The van der Waals surface area contributed by atoms with E-state index in [1.807, 2.05) is 54.7 Å². The molecule has 2 aromatic carbocycles. The first-order valence-corrected chi connectivity index (χ1v) is 16.9. The minimum absolute atomic E-state index is 0.0923. The fourth-order valence-electron chi connectivity index (χ4n) is 5.02. The molecule has 3 rings (SSSR count). The van der Waals surface area contributed by atoms with Crippen molar-refractivity contribution >= 4 is 5.97 Å². The minimum atomic E-state index is -4.32. The summed E-state index contributed by atoms with van der Waals surface area (Å²) in [5.74, 6) is 0.503. The summed E-state index contributed by atoms with van der Waals surface area (Å²) in [7, 11) is 0. The van der Waals surface area contributed by atoms with Crippen molar-refractivity contribution in [3.8, 4) is 28.1 Å². The van der Waals surface area contributed by atoms with Crippen LogP contribution >= 0.6 is 0 Å². The van der Waals surface area contributed by atoms with Crippen LogP contribution in [0.25, 0.3) is 22.4 Å². The number of halogens is 3. The molecule has 0 N–H and O–H groups in total. The normalized spacial score (nSPS) is 12.2. The number of carbonyl (C=O) groups is 1. The summed E-state index contributed by atoms with van der Waals surface area (Å²) in [6.45, 7) is 4.41. The molecule has 0 saturated carbocycles. The van der Waals surface area contributed by atoms with Gasteiger partial charge in [0.05, 0.1) is 24.5 Å². The van der Waals surface area contributed by atoms with Crippen molar-refractivity contribution in [2.75, 3.05) is 19.8 Å². The molecule has 0 bridgehead atoms. The number of aromatic nitrogens is 1. The third-order valence-electron chi connectivity index (χ3n) is 7.98. The standard InChI is InChI=1S/C38H50F3NO4/c1-3-4-5-6-7-8-10-14-27-45-35-23-20-32(21-24-35)36-25-22-34(29-42-36)31-16-18-33(19-17-31)37(43)46-28-15-12-9-11-13-26-44-30(2)38(39,40)41/h16-25,29-30H,3-15,26-28H2,1-2H3. The molecule has 0 saturated heterocycles. The van der Waals surface area contributed by atoms with Crippen molar-refractivity contribution in [1.82, 2.24) is 4.98 Å². The van der Waals surface area contributed by atoms with E-state index in [0.717, 1.165) is 67.3 Å². The molecule has 1 unspecified atom stereocenters. The van der Waals surface area contributed by atoms with Gasteiger partial charge in [-0.2, -0.15) is 13.2 Å². The highest BCUT2D eigenvalue weighted by Gasteiger charge is 2.36. The van der Waals surface area contributed by atoms with E-state index in [0.29, 0.717) is 25.0 Å². The molecule has 3 aromatic rings. The first kappa shape index (κ1) is 37.1. The molecule has 0 amide bonds. The first-order chi connectivity index (χ1) is 22.3. The van der Waals surface area contributed by atoms with Crippen LogP contribution in [-0.2, 0) is 9.47 Å². The lowest BCUT2D eigenvalue weighted by Crippen LogP contribution is -2.28.